The van der Waals surface area contributed by atoms with E-state index in [1.165, 1.54) is 0 Å². The van der Waals surface area contributed by atoms with Crippen molar-refractivity contribution in [2.75, 3.05) is 19.8 Å². The second-order valence-corrected chi connectivity index (χ2v) is 6.40. The zero-order valence-electron chi connectivity index (χ0n) is 16.8. The van der Waals surface area contributed by atoms with Gasteiger partial charge >= 0.3 is 11.9 Å². The third kappa shape index (κ3) is 4.56. The lowest BCUT2D eigenvalue weighted by Gasteiger charge is -2.09. The summed E-state index contributed by atoms with van der Waals surface area (Å²) in [7, 11) is 0. The van der Waals surface area contributed by atoms with Gasteiger partial charge in [-0.2, -0.15) is 0 Å². The minimum Gasteiger partial charge on any atom is -0.482 e. The average Bonchev–Trinajstić information content (AvgIpc) is 2.98. The van der Waals surface area contributed by atoms with Gasteiger partial charge in [0.2, 0.25) is 0 Å². The van der Waals surface area contributed by atoms with Crippen molar-refractivity contribution >= 4 is 22.8 Å². The molecule has 2 heterocycles. The Morgan fingerprint density at radius 1 is 1.10 bits per heavy atom. The molecule has 0 amide bonds. The fourth-order valence-electron chi connectivity index (χ4n) is 3.23. The Kier molecular flexibility index (Phi) is 6.49. The van der Waals surface area contributed by atoms with E-state index in [0.717, 1.165) is 16.8 Å². The first-order chi connectivity index (χ1) is 14.0. The number of pyridine rings is 1. The van der Waals surface area contributed by atoms with Crippen molar-refractivity contribution in [2.24, 2.45) is 0 Å². The standard InChI is InChI=1S/C22H24N2O5/c1-4-27-20(25)14-29-17-8-9-19-18(11-17)21(22(26)28-5-2)15(3)24(19)13-16-7-6-10-23-12-16/h6-12H,4-5,13-14H2,1-3H3. The maximum absolute atomic E-state index is 12.6. The first kappa shape index (κ1) is 20.4. The Bertz CT molecular complexity index is 1010. The quantitative estimate of drug-likeness (QED) is 0.542. The molecule has 152 valence electrons. The molecule has 0 atom stereocenters. The number of ether oxygens (including phenoxy) is 3. The Morgan fingerprint density at radius 3 is 2.59 bits per heavy atom. The molecule has 7 nitrogen and oxygen atoms in total. The van der Waals surface area contributed by atoms with Gasteiger partial charge in [-0.3, -0.25) is 4.98 Å². The van der Waals surface area contributed by atoms with Gasteiger partial charge in [0, 0.05) is 35.5 Å². The van der Waals surface area contributed by atoms with Crippen molar-refractivity contribution in [3.63, 3.8) is 0 Å². The van der Waals surface area contributed by atoms with Crippen LogP contribution in [0.25, 0.3) is 10.9 Å². The maximum Gasteiger partial charge on any atom is 0.344 e. The summed E-state index contributed by atoms with van der Waals surface area (Å²) in [5.41, 5.74) is 3.18. The highest BCUT2D eigenvalue weighted by Gasteiger charge is 2.22. The van der Waals surface area contributed by atoms with Crippen molar-refractivity contribution in [3.05, 3.63) is 59.5 Å². The predicted octanol–water partition coefficient (Wildman–Crippen LogP) is 3.51. The monoisotopic (exact) mass is 396 g/mol. The lowest BCUT2D eigenvalue weighted by Crippen LogP contribution is -2.14. The molecule has 7 heteroatoms. The van der Waals surface area contributed by atoms with Gasteiger partial charge in [0.05, 0.1) is 18.8 Å². The lowest BCUT2D eigenvalue weighted by atomic mass is 10.1. The van der Waals surface area contributed by atoms with Gasteiger partial charge in [-0.1, -0.05) is 6.07 Å². The molecule has 3 rings (SSSR count). The van der Waals surface area contributed by atoms with E-state index in [1.807, 2.05) is 29.7 Å². The predicted molar refractivity (Wildman–Crippen MR) is 108 cm³/mol. The highest BCUT2D eigenvalue weighted by Crippen LogP contribution is 2.31. The maximum atomic E-state index is 12.6. The molecule has 0 aliphatic rings. The van der Waals surface area contributed by atoms with Crippen molar-refractivity contribution in [1.29, 1.82) is 0 Å². The number of carbonyl (C=O) groups excluding carboxylic acids is 2. The van der Waals surface area contributed by atoms with Crippen LogP contribution in [-0.4, -0.2) is 41.3 Å². The summed E-state index contributed by atoms with van der Waals surface area (Å²) >= 11 is 0. The number of carbonyl (C=O) groups is 2. The van der Waals surface area contributed by atoms with Crippen LogP contribution in [0.5, 0.6) is 5.75 Å². The summed E-state index contributed by atoms with van der Waals surface area (Å²) in [6, 6.07) is 9.27. The number of aromatic nitrogens is 2. The van der Waals surface area contributed by atoms with Crippen molar-refractivity contribution in [2.45, 2.75) is 27.3 Å². The van der Waals surface area contributed by atoms with Gasteiger partial charge in [-0.05, 0) is 50.6 Å². The first-order valence-corrected chi connectivity index (χ1v) is 9.52. The van der Waals surface area contributed by atoms with Gasteiger partial charge < -0.3 is 18.8 Å². The first-order valence-electron chi connectivity index (χ1n) is 9.52. The summed E-state index contributed by atoms with van der Waals surface area (Å²) in [4.78, 5) is 28.4. The lowest BCUT2D eigenvalue weighted by molar-refractivity contribution is -0.145. The highest BCUT2D eigenvalue weighted by molar-refractivity contribution is 6.06. The zero-order valence-corrected chi connectivity index (χ0v) is 16.8. The van der Waals surface area contributed by atoms with Gasteiger partial charge in [-0.15, -0.1) is 0 Å². The third-order valence-corrected chi connectivity index (χ3v) is 4.50. The number of esters is 2. The molecule has 0 saturated heterocycles. The van der Waals surface area contributed by atoms with E-state index in [2.05, 4.69) is 4.98 Å². The minimum atomic E-state index is -0.441. The van der Waals surface area contributed by atoms with Crippen LogP contribution in [0.1, 0.15) is 35.5 Å². The van der Waals surface area contributed by atoms with Crippen molar-refractivity contribution in [1.82, 2.24) is 9.55 Å². The Morgan fingerprint density at radius 2 is 1.90 bits per heavy atom. The molecular formula is C22H24N2O5. The largest absolute Gasteiger partial charge is 0.482 e. The molecule has 3 aromatic rings. The Labute approximate surface area is 169 Å². The minimum absolute atomic E-state index is 0.191. The van der Waals surface area contributed by atoms with Crippen LogP contribution >= 0.6 is 0 Å². The second kappa shape index (κ2) is 9.23. The van der Waals surface area contributed by atoms with E-state index in [4.69, 9.17) is 14.2 Å². The average molecular weight is 396 g/mol. The number of hydrogen-bond acceptors (Lipinski definition) is 6. The molecule has 0 radical (unpaired) electrons. The van der Waals surface area contributed by atoms with Gasteiger partial charge in [0.25, 0.3) is 0 Å². The van der Waals surface area contributed by atoms with Crippen molar-refractivity contribution in [3.8, 4) is 5.75 Å². The highest BCUT2D eigenvalue weighted by atomic mass is 16.6. The van der Waals surface area contributed by atoms with E-state index < -0.39 is 5.97 Å². The molecule has 0 saturated carbocycles. The molecular weight excluding hydrogens is 372 g/mol. The summed E-state index contributed by atoms with van der Waals surface area (Å²) in [6.45, 7) is 6.36. The summed E-state index contributed by atoms with van der Waals surface area (Å²) < 4.78 is 17.8. The molecule has 0 aliphatic heterocycles. The number of nitrogens with zero attached hydrogens (tertiary/aromatic N) is 2. The van der Waals surface area contributed by atoms with E-state index >= 15 is 0 Å². The van der Waals surface area contributed by atoms with Crippen LogP contribution in [0.3, 0.4) is 0 Å². The van der Waals surface area contributed by atoms with Crippen LogP contribution in [-0.2, 0) is 20.8 Å². The van der Waals surface area contributed by atoms with Crippen LogP contribution in [0.4, 0.5) is 0 Å². The molecule has 0 fully saturated rings. The van der Waals surface area contributed by atoms with Crippen molar-refractivity contribution < 1.29 is 23.8 Å². The van der Waals surface area contributed by atoms with Gasteiger partial charge in [0.1, 0.15) is 5.75 Å². The fourth-order valence-corrected chi connectivity index (χ4v) is 3.23. The summed E-state index contributed by atoms with van der Waals surface area (Å²) in [5.74, 6) is -0.347. The Balaban J connectivity index is 2.01. The number of fused-ring (bicyclic) bond motifs is 1. The third-order valence-electron chi connectivity index (χ3n) is 4.50. The summed E-state index contributed by atoms with van der Waals surface area (Å²) in [6.07, 6.45) is 3.52. The fraction of sp³-hybridized carbons (Fsp3) is 0.318. The van der Waals surface area contributed by atoms with Gasteiger partial charge in [0.15, 0.2) is 6.61 Å². The smallest absolute Gasteiger partial charge is 0.344 e. The molecule has 0 unspecified atom stereocenters. The molecule has 0 N–H and O–H groups in total. The topological polar surface area (TPSA) is 79.6 Å². The van der Waals surface area contributed by atoms with E-state index in [-0.39, 0.29) is 19.2 Å². The molecule has 29 heavy (non-hydrogen) atoms. The SMILES string of the molecule is CCOC(=O)COc1ccc2c(c1)c(C(=O)OCC)c(C)n2Cc1cccnc1. The summed E-state index contributed by atoms with van der Waals surface area (Å²) in [5, 5.41) is 0.714. The number of rotatable bonds is 8. The van der Waals surface area contributed by atoms with Gasteiger partial charge in [-0.25, -0.2) is 9.59 Å². The van der Waals surface area contributed by atoms with E-state index in [0.29, 0.717) is 29.9 Å². The molecule has 1 aromatic carbocycles. The molecule has 0 spiro atoms. The number of benzene rings is 1. The van der Waals surface area contributed by atoms with E-state index in [9.17, 15) is 9.59 Å². The molecule has 0 bridgehead atoms. The Hall–Kier alpha value is -3.35. The van der Waals surface area contributed by atoms with Crippen LogP contribution in [0.2, 0.25) is 0 Å². The molecule has 0 aliphatic carbocycles. The van der Waals surface area contributed by atoms with Crippen LogP contribution < -0.4 is 4.74 Å². The second-order valence-electron chi connectivity index (χ2n) is 6.40. The van der Waals surface area contributed by atoms with Crippen LogP contribution in [0, 0.1) is 6.92 Å². The molecule has 2 aromatic heterocycles. The number of hydrogen-bond donors (Lipinski definition) is 0. The zero-order chi connectivity index (χ0) is 20.8. The van der Waals surface area contributed by atoms with Crippen LogP contribution in [0.15, 0.2) is 42.7 Å². The normalized spacial score (nSPS) is 10.7. The van der Waals surface area contributed by atoms with E-state index in [1.54, 1.807) is 38.4 Å².